The van der Waals surface area contributed by atoms with Gasteiger partial charge >= 0.3 is 0 Å². The van der Waals surface area contributed by atoms with Gasteiger partial charge in [0.05, 0.1) is 0 Å². The first-order chi connectivity index (χ1) is 11.8. The third kappa shape index (κ3) is 5.08. The molecule has 24 heavy (non-hydrogen) atoms. The summed E-state index contributed by atoms with van der Waals surface area (Å²) in [5.41, 5.74) is 1.21. The van der Waals surface area contributed by atoms with Crippen molar-refractivity contribution in [1.29, 1.82) is 0 Å². The minimum absolute atomic E-state index is 0.146. The van der Waals surface area contributed by atoms with Crippen LogP contribution in [0.3, 0.4) is 0 Å². The van der Waals surface area contributed by atoms with Gasteiger partial charge in [0.25, 0.3) is 0 Å². The van der Waals surface area contributed by atoms with E-state index in [1.165, 1.54) is 5.56 Å². The molecule has 1 aliphatic rings. The predicted octanol–water partition coefficient (Wildman–Crippen LogP) is 3.52. The van der Waals surface area contributed by atoms with Crippen LogP contribution in [-0.4, -0.2) is 23.0 Å². The molecule has 126 valence electrons. The molecule has 0 saturated heterocycles. The van der Waals surface area contributed by atoms with E-state index in [1.54, 1.807) is 6.20 Å². The summed E-state index contributed by atoms with van der Waals surface area (Å²) in [6.45, 7) is 0. The molecule has 0 atom stereocenters. The van der Waals surface area contributed by atoms with E-state index in [9.17, 15) is 4.79 Å². The molecule has 4 heteroatoms. The Balaban J connectivity index is 1.36. The summed E-state index contributed by atoms with van der Waals surface area (Å²) < 4.78 is 5.89. The van der Waals surface area contributed by atoms with E-state index < -0.39 is 0 Å². The molecule has 1 heterocycles. The van der Waals surface area contributed by atoms with Crippen molar-refractivity contribution >= 4 is 5.91 Å². The molecule has 1 aliphatic carbocycles. The maximum atomic E-state index is 12.1. The Hall–Kier alpha value is -2.36. The lowest BCUT2D eigenvalue weighted by molar-refractivity contribution is -0.122. The highest BCUT2D eigenvalue weighted by molar-refractivity contribution is 5.76. The zero-order valence-corrected chi connectivity index (χ0v) is 13.9. The van der Waals surface area contributed by atoms with Crippen LogP contribution >= 0.6 is 0 Å². The second kappa shape index (κ2) is 8.48. The minimum Gasteiger partial charge on any atom is -0.474 e. The fourth-order valence-electron chi connectivity index (χ4n) is 3.11. The standard InChI is InChI=1S/C20H24N2O2/c23-19(14-9-16-6-2-1-3-7-16)22-17-10-12-18(13-11-17)24-20-8-4-5-15-21-20/h1-8,15,17-18H,9-14H2,(H,22,23). The lowest BCUT2D eigenvalue weighted by atomic mass is 9.92. The monoisotopic (exact) mass is 324 g/mol. The lowest BCUT2D eigenvalue weighted by Gasteiger charge is -2.29. The number of hydrogen-bond acceptors (Lipinski definition) is 3. The first-order valence-corrected chi connectivity index (χ1v) is 8.70. The number of nitrogens with one attached hydrogen (secondary N) is 1. The summed E-state index contributed by atoms with van der Waals surface area (Å²) in [5, 5.41) is 3.16. The van der Waals surface area contributed by atoms with Gasteiger partial charge in [-0.1, -0.05) is 36.4 Å². The number of carbonyl (C=O) groups is 1. The number of ether oxygens (including phenoxy) is 1. The molecule has 3 rings (SSSR count). The van der Waals surface area contributed by atoms with Gasteiger partial charge < -0.3 is 10.1 Å². The molecule has 0 unspecified atom stereocenters. The van der Waals surface area contributed by atoms with Crippen molar-refractivity contribution in [2.75, 3.05) is 0 Å². The van der Waals surface area contributed by atoms with E-state index in [2.05, 4.69) is 22.4 Å². The van der Waals surface area contributed by atoms with E-state index in [0.29, 0.717) is 12.3 Å². The third-order valence-electron chi connectivity index (χ3n) is 4.45. The average Bonchev–Trinajstić information content (AvgIpc) is 2.63. The molecular formula is C20H24N2O2. The lowest BCUT2D eigenvalue weighted by Crippen LogP contribution is -2.39. The summed E-state index contributed by atoms with van der Waals surface area (Å²) in [6, 6.07) is 16.1. The quantitative estimate of drug-likeness (QED) is 0.884. The molecule has 0 aliphatic heterocycles. The summed E-state index contributed by atoms with van der Waals surface area (Å²) in [5.74, 6) is 0.834. The van der Waals surface area contributed by atoms with E-state index in [-0.39, 0.29) is 18.1 Å². The number of pyridine rings is 1. The van der Waals surface area contributed by atoms with Gasteiger partial charge in [-0.25, -0.2) is 4.98 Å². The van der Waals surface area contributed by atoms with Gasteiger partial charge in [-0.2, -0.15) is 0 Å². The van der Waals surface area contributed by atoms with E-state index in [0.717, 1.165) is 32.1 Å². The van der Waals surface area contributed by atoms with Crippen molar-refractivity contribution in [1.82, 2.24) is 10.3 Å². The summed E-state index contributed by atoms with van der Waals surface area (Å²) in [7, 11) is 0. The Labute approximate surface area is 143 Å². The average molecular weight is 324 g/mol. The minimum atomic E-state index is 0.146. The summed E-state index contributed by atoms with van der Waals surface area (Å²) in [4.78, 5) is 16.3. The molecule has 1 amide bonds. The normalized spacial score (nSPS) is 20.3. The second-order valence-electron chi connectivity index (χ2n) is 6.31. The van der Waals surface area contributed by atoms with Crippen LogP contribution in [0.2, 0.25) is 0 Å². The van der Waals surface area contributed by atoms with Crippen LogP contribution in [-0.2, 0) is 11.2 Å². The number of aryl methyl sites for hydroxylation is 1. The zero-order valence-electron chi connectivity index (χ0n) is 13.9. The third-order valence-corrected chi connectivity index (χ3v) is 4.45. The zero-order chi connectivity index (χ0) is 16.6. The van der Waals surface area contributed by atoms with Gasteiger partial charge in [-0.15, -0.1) is 0 Å². The van der Waals surface area contributed by atoms with Gasteiger partial charge in [-0.05, 0) is 43.7 Å². The molecule has 1 N–H and O–H groups in total. The van der Waals surface area contributed by atoms with Gasteiger partial charge in [0.15, 0.2) is 0 Å². The highest BCUT2D eigenvalue weighted by Gasteiger charge is 2.23. The van der Waals surface area contributed by atoms with E-state index >= 15 is 0 Å². The highest BCUT2D eigenvalue weighted by atomic mass is 16.5. The molecule has 1 saturated carbocycles. The number of carbonyl (C=O) groups excluding carboxylic acids is 1. The van der Waals surface area contributed by atoms with Crippen LogP contribution in [0.5, 0.6) is 5.88 Å². The van der Waals surface area contributed by atoms with Gasteiger partial charge in [-0.3, -0.25) is 4.79 Å². The summed E-state index contributed by atoms with van der Waals surface area (Å²) >= 11 is 0. The van der Waals surface area contributed by atoms with Crippen molar-refractivity contribution in [3.05, 3.63) is 60.3 Å². The predicted molar refractivity (Wildman–Crippen MR) is 93.8 cm³/mol. The van der Waals surface area contributed by atoms with Crippen molar-refractivity contribution in [3.8, 4) is 5.88 Å². The topological polar surface area (TPSA) is 51.2 Å². The molecule has 0 bridgehead atoms. The first-order valence-electron chi connectivity index (χ1n) is 8.70. The molecule has 4 nitrogen and oxygen atoms in total. The van der Waals surface area contributed by atoms with Crippen LogP contribution in [0.25, 0.3) is 0 Å². The number of nitrogens with zero attached hydrogens (tertiary/aromatic N) is 1. The maximum absolute atomic E-state index is 12.1. The largest absolute Gasteiger partial charge is 0.474 e. The van der Waals surface area contributed by atoms with Gasteiger partial charge in [0, 0.05) is 24.7 Å². The van der Waals surface area contributed by atoms with Crippen molar-refractivity contribution in [2.45, 2.75) is 50.7 Å². The van der Waals surface area contributed by atoms with Crippen LogP contribution in [0.1, 0.15) is 37.7 Å². The summed E-state index contributed by atoms with van der Waals surface area (Å²) in [6.07, 6.45) is 7.15. The Bertz CT molecular complexity index is 623. The van der Waals surface area contributed by atoms with Crippen LogP contribution in [0.15, 0.2) is 54.7 Å². The van der Waals surface area contributed by atoms with Crippen molar-refractivity contribution < 1.29 is 9.53 Å². The molecule has 1 fully saturated rings. The Morgan fingerprint density at radius 2 is 1.79 bits per heavy atom. The van der Waals surface area contributed by atoms with Crippen LogP contribution in [0, 0.1) is 0 Å². The number of hydrogen-bond donors (Lipinski definition) is 1. The second-order valence-corrected chi connectivity index (χ2v) is 6.31. The van der Waals surface area contributed by atoms with E-state index in [4.69, 9.17) is 4.74 Å². The molecular weight excluding hydrogens is 300 g/mol. The smallest absolute Gasteiger partial charge is 0.220 e. The number of rotatable bonds is 6. The highest BCUT2D eigenvalue weighted by Crippen LogP contribution is 2.22. The number of aromatic nitrogens is 1. The molecule has 1 aromatic heterocycles. The Morgan fingerprint density at radius 1 is 1.04 bits per heavy atom. The van der Waals surface area contributed by atoms with Crippen LogP contribution in [0.4, 0.5) is 0 Å². The molecule has 0 radical (unpaired) electrons. The number of benzene rings is 1. The fraction of sp³-hybridized carbons (Fsp3) is 0.400. The van der Waals surface area contributed by atoms with E-state index in [1.807, 2.05) is 36.4 Å². The van der Waals surface area contributed by atoms with Crippen molar-refractivity contribution in [2.24, 2.45) is 0 Å². The molecule has 0 spiro atoms. The Morgan fingerprint density at radius 3 is 2.50 bits per heavy atom. The fourth-order valence-corrected chi connectivity index (χ4v) is 3.11. The number of amides is 1. The van der Waals surface area contributed by atoms with Crippen LogP contribution < -0.4 is 10.1 Å². The SMILES string of the molecule is O=C(CCc1ccccc1)NC1CCC(Oc2ccccn2)CC1. The first kappa shape index (κ1) is 16.5. The Kier molecular flexibility index (Phi) is 5.83. The molecule has 2 aromatic rings. The maximum Gasteiger partial charge on any atom is 0.220 e. The van der Waals surface area contributed by atoms with Gasteiger partial charge in [0.1, 0.15) is 6.10 Å². The van der Waals surface area contributed by atoms with Gasteiger partial charge in [0.2, 0.25) is 11.8 Å². The molecule has 1 aromatic carbocycles. The van der Waals surface area contributed by atoms with Crippen molar-refractivity contribution in [3.63, 3.8) is 0 Å².